The molecule has 1 unspecified atom stereocenters. The van der Waals surface area contributed by atoms with Crippen LogP contribution in [-0.4, -0.2) is 49.8 Å². The number of carbonyl (C=O) groups is 1. The van der Waals surface area contributed by atoms with E-state index in [0.717, 1.165) is 25.7 Å². The van der Waals surface area contributed by atoms with Crippen LogP contribution in [0.3, 0.4) is 0 Å². The summed E-state index contributed by atoms with van der Waals surface area (Å²) in [5, 5.41) is 26.5. The fourth-order valence-electron chi connectivity index (χ4n) is 3.52. The molecule has 11 nitrogen and oxygen atoms in total. The summed E-state index contributed by atoms with van der Waals surface area (Å²) in [4.78, 5) is 22.7. The Morgan fingerprint density at radius 2 is 2.17 bits per heavy atom. The molecule has 1 aliphatic rings. The van der Waals surface area contributed by atoms with Crippen LogP contribution in [-0.2, 0) is 16.1 Å². The molecule has 1 aliphatic carbocycles. The summed E-state index contributed by atoms with van der Waals surface area (Å²) in [6, 6.07) is 6.17. The number of nitrogens with one attached hydrogen (secondary N) is 1. The largest absolute Gasteiger partial charge is 0.465 e. The van der Waals surface area contributed by atoms with Crippen molar-refractivity contribution >= 4 is 11.7 Å². The number of benzene rings is 1. The highest BCUT2D eigenvalue weighted by Crippen LogP contribution is 2.27. The summed E-state index contributed by atoms with van der Waals surface area (Å²) in [6.45, 7) is 1.84. The van der Waals surface area contributed by atoms with Crippen LogP contribution in [0, 0.1) is 10.1 Å². The quantitative estimate of drug-likeness (QED) is 0.375. The summed E-state index contributed by atoms with van der Waals surface area (Å²) < 4.78 is 6.35. The number of nitro groups is 1. The van der Waals surface area contributed by atoms with Crippen molar-refractivity contribution < 1.29 is 14.5 Å². The van der Waals surface area contributed by atoms with Gasteiger partial charge in [0.1, 0.15) is 6.54 Å². The molecule has 1 atom stereocenters. The standard InChI is InChI=1S/C18H25N7O4/c1-2-29-16(26)11-24-18(21-22-23-24)17(20-14-8-6-13(19)7-9-14)12-4-3-5-15(10-12)25(27)28/h3-5,10,13-14,17,20H,2,6-9,11,19H2,1H3. The first kappa shape index (κ1) is 20.8. The van der Waals surface area contributed by atoms with E-state index in [-0.39, 0.29) is 30.9 Å². The van der Waals surface area contributed by atoms with Crippen molar-refractivity contribution in [1.29, 1.82) is 0 Å². The summed E-state index contributed by atoms with van der Waals surface area (Å²) in [6.07, 6.45) is 3.55. The molecule has 3 N–H and O–H groups in total. The van der Waals surface area contributed by atoms with Gasteiger partial charge in [-0.25, -0.2) is 4.68 Å². The molecular weight excluding hydrogens is 378 g/mol. The van der Waals surface area contributed by atoms with Crippen LogP contribution < -0.4 is 11.1 Å². The van der Waals surface area contributed by atoms with E-state index in [1.807, 2.05) is 0 Å². The maximum atomic E-state index is 11.9. The van der Waals surface area contributed by atoms with Crippen molar-refractivity contribution in [1.82, 2.24) is 25.5 Å². The monoisotopic (exact) mass is 403 g/mol. The molecule has 11 heteroatoms. The maximum Gasteiger partial charge on any atom is 0.327 e. The fourth-order valence-corrected chi connectivity index (χ4v) is 3.52. The molecule has 1 fully saturated rings. The zero-order valence-electron chi connectivity index (χ0n) is 16.2. The van der Waals surface area contributed by atoms with Crippen molar-refractivity contribution in [2.24, 2.45) is 5.73 Å². The average molecular weight is 403 g/mol. The van der Waals surface area contributed by atoms with Gasteiger partial charge in [-0.05, 0) is 48.6 Å². The normalized spacial score (nSPS) is 20.2. The lowest BCUT2D eigenvalue weighted by molar-refractivity contribution is -0.384. The number of ether oxygens (including phenoxy) is 1. The predicted octanol–water partition coefficient (Wildman–Crippen LogP) is 1.09. The molecule has 0 saturated heterocycles. The molecule has 3 rings (SSSR count). The van der Waals surface area contributed by atoms with Gasteiger partial charge in [-0.1, -0.05) is 12.1 Å². The number of tetrazole rings is 1. The first-order chi connectivity index (χ1) is 14.0. The van der Waals surface area contributed by atoms with Gasteiger partial charge in [0.15, 0.2) is 5.82 Å². The molecule has 2 aromatic rings. The highest BCUT2D eigenvalue weighted by molar-refractivity contribution is 5.69. The Bertz CT molecular complexity index is 848. The molecule has 1 aromatic carbocycles. The zero-order chi connectivity index (χ0) is 20.8. The van der Waals surface area contributed by atoms with Gasteiger partial charge in [0.25, 0.3) is 5.69 Å². The van der Waals surface area contributed by atoms with Crippen LogP contribution in [0.4, 0.5) is 5.69 Å². The predicted molar refractivity (Wildman–Crippen MR) is 103 cm³/mol. The van der Waals surface area contributed by atoms with Crippen LogP contribution in [0.1, 0.15) is 50.0 Å². The van der Waals surface area contributed by atoms with E-state index in [4.69, 9.17) is 10.5 Å². The number of nitrogens with two attached hydrogens (primary N) is 1. The van der Waals surface area contributed by atoms with Gasteiger partial charge in [0.05, 0.1) is 17.6 Å². The van der Waals surface area contributed by atoms with Crippen molar-refractivity contribution in [2.45, 2.75) is 57.3 Å². The second-order valence-electron chi connectivity index (χ2n) is 7.06. The number of hydrogen-bond donors (Lipinski definition) is 2. The van der Waals surface area contributed by atoms with Crippen LogP contribution in [0.15, 0.2) is 24.3 Å². The third-order valence-corrected chi connectivity index (χ3v) is 4.99. The zero-order valence-corrected chi connectivity index (χ0v) is 16.2. The van der Waals surface area contributed by atoms with Gasteiger partial charge in [0, 0.05) is 24.2 Å². The Labute approximate surface area is 167 Å². The second-order valence-corrected chi connectivity index (χ2v) is 7.06. The van der Waals surface area contributed by atoms with E-state index in [0.29, 0.717) is 11.4 Å². The van der Waals surface area contributed by atoms with E-state index in [2.05, 4.69) is 20.8 Å². The molecule has 1 heterocycles. The number of esters is 1. The maximum absolute atomic E-state index is 11.9. The number of aromatic nitrogens is 4. The number of carbonyl (C=O) groups excluding carboxylic acids is 1. The SMILES string of the molecule is CCOC(=O)Cn1nnnc1C(NC1CCC(N)CC1)c1cccc([N+](=O)[O-])c1. The molecule has 0 aliphatic heterocycles. The van der Waals surface area contributed by atoms with Crippen LogP contribution >= 0.6 is 0 Å². The Hall–Kier alpha value is -2.92. The van der Waals surface area contributed by atoms with Crippen LogP contribution in [0.2, 0.25) is 0 Å². The summed E-state index contributed by atoms with van der Waals surface area (Å²) in [5.41, 5.74) is 6.63. The van der Waals surface area contributed by atoms with E-state index >= 15 is 0 Å². The van der Waals surface area contributed by atoms with Crippen molar-refractivity contribution in [3.63, 3.8) is 0 Å². The third kappa shape index (κ3) is 5.33. The lowest BCUT2D eigenvalue weighted by Crippen LogP contribution is -2.40. The summed E-state index contributed by atoms with van der Waals surface area (Å²) in [5.74, 6) is -0.0593. The highest BCUT2D eigenvalue weighted by atomic mass is 16.6. The molecule has 1 aromatic heterocycles. The van der Waals surface area contributed by atoms with Crippen LogP contribution in [0.25, 0.3) is 0 Å². The molecule has 1 saturated carbocycles. The number of nitrogens with zero attached hydrogens (tertiary/aromatic N) is 5. The Balaban J connectivity index is 1.91. The number of rotatable bonds is 8. The lowest BCUT2D eigenvalue weighted by atomic mass is 9.90. The van der Waals surface area contributed by atoms with Gasteiger partial charge in [-0.2, -0.15) is 0 Å². The van der Waals surface area contributed by atoms with Crippen LogP contribution in [0.5, 0.6) is 0 Å². The van der Waals surface area contributed by atoms with Gasteiger partial charge in [0.2, 0.25) is 0 Å². The lowest BCUT2D eigenvalue weighted by Gasteiger charge is -2.30. The van der Waals surface area contributed by atoms with E-state index in [1.54, 1.807) is 19.1 Å². The molecule has 0 bridgehead atoms. The van der Waals surface area contributed by atoms with Gasteiger partial charge < -0.3 is 15.8 Å². The molecule has 29 heavy (non-hydrogen) atoms. The Kier molecular flexibility index (Phi) is 6.83. The molecule has 0 radical (unpaired) electrons. The first-order valence-corrected chi connectivity index (χ1v) is 9.65. The minimum Gasteiger partial charge on any atom is -0.465 e. The van der Waals surface area contributed by atoms with Gasteiger partial charge >= 0.3 is 5.97 Å². The van der Waals surface area contributed by atoms with Crippen molar-refractivity contribution in [3.05, 3.63) is 45.8 Å². The molecule has 0 amide bonds. The third-order valence-electron chi connectivity index (χ3n) is 4.99. The van der Waals surface area contributed by atoms with Crippen molar-refractivity contribution in [2.75, 3.05) is 6.61 Å². The van der Waals surface area contributed by atoms with E-state index < -0.39 is 16.9 Å². The summed E-state index contributed by atoms with van der Waals surface area (Å²) in [7, 11) is 0. The number of hydrogen-bond acceptors (Lipinski definition) is 9. The molecular formula is C18H25N7O4. The van der Waals surface area contributed by atoms with Gasteiger partial charge in [-0.15, -0.1) is 5.10 Å². The second kappa shape index (κ2) is 9.52. The first-order valence-electron chi connectivity index (χ1n) is 9.65. The summed E-state index contributed by atoms with van der Waals surface area (Å²) >= 11 is 0. The smallest absolute Gasteiger partial charge is 0.327 e. The topological polar surface area (TPSA) is 151 Å². The Morgan fingerprint density at radius 1 is 1.41 bits per heavy atom. The van der Waals surface area contributed by atoms with E-state index in [9.17, 15) is 14.9 Å². The molecule has 0 spiro atoms. The minimum atomic E-state index is -0.515. The van der Waals surface area contributed by atoms with Gasteiger partial charge in [-0.3, -0.25) is 14.9 Å². The highest BCUT2D eigenvalue weighted by Gasteiger charge is 2.28. The average Bonchev–Trinajstić information content (AvgIpc) is 3.15. The fraction of sp³-hybridized carbons (Fsp3) is 0.556. The number of non-ortho nitro benzene ring substituents is 1. The number of nitro benzene ring substituents is 1. The van der Waals surface area contributed by atoms with E-state index in [1.165, 1.54) is 16.8 Å². The molecule has 156 valence electrons. The minimum absolute atomic E-state index is 0.0237. The van der Waals surface area contributed by atoms with Crippen molar-refractivity contribution in [3.8, 4) is 0 Å². The Morgan fingerprint density at radius 3 is 2.86 bits per heavy atom.